The number of aliphatic carboxylic acids is 1. The molecule has 0 radical (unpaired) electrons. The van der Waals surface area contributed by atoms with Crippen LogP contribution in [0.5, 0.6) is 0 Å². The zero-order chi connectivity index (χ0) is 14.0. The third-order valence-corrected chi connectivity index (χ3v) is 5.75. The molecule has 2 heterocycles. The van der Waals surface area contributed by atoms with Crippen molar-refractivity contribution in [3.8, 4) is 0 Å². The van der Waals surface area contributed by atoms with Crippen molar-refractivity contribution in [2.45, 2.75) is 25.7 Å². The van der Waals surface area contributed by atoms with Crippen LogP contribution in [0.15, 0.2) is 0 Å². The summed E-state index contributed by atoms with van der Waals surface area (Å²) in [6.45, 7) is 0.843. The molecule has 1 amide bonds. The molecule has 2 atom stereocenters. The average Bonchev–Trinajstić information content (AvgIpc) is 2.68. The number of carboxylic acid groups (broad SMARTS) is 1. The van der Waals surface area contributed by atoms with Crippen LogP contribution in [-0.4, -0.2) is 54.9 Å². The minimum absolute atomic E-state index is 0.0922. The number of rotatable bonds is 3. The van der Waals surface area contributed by atoms with Crippen molar-refractivity contribution in [3.63, 3.8) is 0 Å². The molecule has 0 spiro atoms. The van der Waals surface area contributed by atoms with Gasteiger partial charge in [0.05, 0.1) is 17.4 Å². The predicted octanol–water partition coefficient (Wildman–Crippen LogP) is 0.134. The molecular formula is C12H19NO5S. The number of carbonyl (C=O) groups is 2. The molecule has 108 valence electrons. The van der Waals surface area contributed by atoms with E-state index in [1.165, 1.54) is 0 Å². The molecule has 2 fully saturated rings. The van der Waals surface area contributed by atoms with Crippen LogP contribution >= 0.6 is 0 Å². The monoisotopic (exact) mass is 289 g/mol. The zero-order valence-corrected chi connectivity index (χ0v) is 11.6. The Bertz CT molecular complexity index is 473. The molecule has 0 bridgehead atoms. The summed E-state index contributed by atoms with van der Waals surface area (Å²) < 4.78 is 22.7. The minimum atomic E-state index is -2.96. The highest BCUT2D eigenvalue weighted by molar-refractivity contribution is 7.91. The fourth-order valence-corrected chi connectivity index (χ4v) is 4.68. The molecule has 2 aliphatic heterocycles. The summed E-state index contributed by atoms with van der Waals surface area (Å²) in [4.78, 5) is 24.6. The standard InChI is InChI=1S/C12H19NO5S/c14-11(6-9-3-5-19(17,18)8-9)13-4-1-2-10(7-13)12(15)16/h9-10H,1-8H2,(H,15,16)/t9?,10-/m1/s1. The van der Waals surface area contributed by atoms with Crippen molar-refractivity contribution in [2.24, 2.45) is 11.8 Å². The maximum Gasteiger partial charge on any atom is 0.308 e. The topological polar surface area (TPSA) is 91.8 Å². The Labute approximate surface area is 112 Å². The molecule has 0 aromatic carbocycles. The number of carbonyl (C=O) groups excluding carboxylic acids is 1. The number of hydrogen-bond acceptors (Lipinski definition) is 4. The second-order valence-corrected chi connectivity index (χ2v) is 7.72. The van der Waals surface area contributed by atoms with Crippen molar-refractivity contribution < 1.29 is 23.1 Å². The molecule has 0 saturated carbocycles. The van der Waals surface area contributed by atoms with E-state index >= 15 is 0 Å². The highest BCUT2D eigenvalue weighted by Crippen LogP contribution is 2.24. The van der Waals surface area contributed by atoms with Crippen LogP contribution < -0.4 is 0 Å². The third kappa shape index (κ3) is 3.68. The van der Waals surface area contributed by atoms with Crippen LogP contribution in [0.3, 0.4) is 0 Å². The lowest BCUT2D eigenvalue weighted by molar-refractivity contribution is -0.145. The molecule has 0 aliphatic carbocycles. The Morgan fingerprint density at radius 3 is 2.58 bits per heavy atom. The Kier molecular flexibility index (Phi) is 4.13. The first-order valence-electron chi connectivity index (χ1n) is 6.58. The smallest absolute Gasteiger partial charge is 0.308 e. The van der Waals surface area contributed by atoms with Crippen molar-refractivity contribution in [2.75, 3.05) is 24.6 Å². The van der Waals surface area contributed by atoms with E-state index in [-0.39, 0.29) is 36.3 Å². The zero-order valence-electron chi connectivity index (χ0n) is 10.7. The second-order valence-electron chi connectivity index (χ2n) is 5.49. The number of piperidine rings is 1. The fourth-order valence-electron chi connectivity index (χ4n) is 2.81. The minimum Gasteiger partial charge on any atom is -0.481 e. The lowest BCUT2D eigenvalue weighted by atomic mass is 9.97. The molecule has 2 saturated heterocycles. The molecule has 2 rings (SSSR count). The largest absolute Gasteiger partial charge is 0.481 e. The van der Waals surface area contributed by atoms with E-state index < -0.39 is 21.7 Å². The van der Waals surface area contributed by atoms with Gasteiger partial charge in [0.25, 0.3) is 0 Å². The van der Waals surface area contributed by atoms with E-state index in [1.54, 1.807) is 4.90 Å². The van der Waals surface area contributed by atoms with Crippen molar-refractivity contribution in [3.05, 3.63) is 0 Å². The summed E-state index contributed by atoms with van der Waals surface area (Å²) in [5, 5.41) is 8.97. The van der Waals surface area contributed by atoms with Crippen LogP contribution in [-0.2, 0) is 19.4 Å². The highest BCUT2D eigenvalue weighted by Gasteiger charge is 2.33. The van der Waals surface area contributed by atoms with Crippen molar-refractivity contribution in [1.82, 2.24) is 4.90 Å². The van der Waals surface area contributed by atoms with Gasteiger partial charge in [-0.15, -0.1) is 0 Å². The van der Waals surface area contributed by atoms with Gasteiger partial charge in [-0.2, -0.15) is 0 Å². The molecule has 1 N–H and O–H groups in total. The van der Waals surface area contributed by atoms with Gasteiger partial charge >= 0.3 is 5.97 Å². The van der Waals surface area contributed by atoms with Gasteiger partial charge in [0.2, 0.25) is 5.91 Å². The number of amides is 1. The molecule has 6 nitrogen and oxygen atoms in total. The van der Waals surface area contributed by atoms with Gasteiger partial charge in [0, 0.05) is 19.5 Å². The van der Waals surface area contributed by atoms with E-state index in [0.717, 1.165) is 0 Å². The Balaban J connectivity index is 1.88. The third-order valence-electron chi connectivity index (χ3n) is 3.91. The van der Waals surface area contributed by atoms with E-state index in [1.807, 2.05) is 0 Å². The average molecular weight is 289 g/mol. The van der Waals surface area contributed by atoms with E-state index in [0.29, 0.717) is 25.8 Å². The number of carboxylic acids is 1. The molecule has 1 unspecified atom stereocenters. The van der Waals surface area contributed by atoms with Gasteiger partial charge in [-0.05, 0) is 25.2 Å². The summed E-state index contributed by atoms with van der Waals surface area (Å²) in [5.41, 5.74) is 0. The van der Waals surface area contributed by atoms with Gasteiger partial charge in [0.15, 0.2) is 9.84 Å². The summed E-state index contributed by atoms with van der Waals surface area (Å²) in [5.74, 6) is -1.28. The summed E-state index contributed by atoms with van der Waals surface area (Å²) in [6, 6.07) is 0. The van der Waals surface area contributed by atoms with E-state index in [4.69, 9.17) is 5.11 Å². The number of sulfone groups is 1. The van der Waals surface area contributed by atoms with Crippen LogP contribution in [0.4, 0.5) is 0 Å². The summed E-state index contributed by atoms with van der Waals surface area (Å²) >= 11 is 0. The normalized spacial score (nSPS) is 30.2. The quantitative estimate of drug-likeness (QED) is 0.797. The molecular weight excluding hydrogens is 270 g/mol. The maximum atomic E-state index is 12.1. The fraction of sp³-hybridized carbons (Fsp3) is 0.833. The number of hydrogen-bond donors (Lipinski definition) is 1. The Morgan fingerprint density at radius 2 is 2.00 bits per heavy atom. The highest BCUT2D eigenvalue weighted by atomic mass is 32.2. The summed E-state index contributed by atoms with van der Waals surface area (Å²) in [7, 11) is -2.96. The Hall–Kier alpha value is -1.11. The molecule has 2 aliphatic rings. The molecule has 19 heavy (non-hydrogen) atoms. The Morgan fingerprint density at radius 1 is 1.26 bits per heavy atom. The lowest BCUT2D eigenvalue weighted by Gasteiger charge is -2.31. The SMILES string of the molecule is O=C(O)[C@@H]1CCCN(C(=O)CC2CCS(=O)(=O)C2)C1. The van der Waals surface area contributed by atoms with E-state index in [2.05, 4.69) is 0 Å². The molecule has 0 aromatic heterocycles. The second kappa shape index (κ2) is 5.48. The first-order chi connectivity index (χ1) is 8.87. The summed E-state index contributed by atoms with van der Waals surface area (Å²) in [6.07, 6.45) is 2.08. The predicted molar refractivity (Wildman–Crippen MR) is 68.3 cm³/mol. The van der Waals surface area contributed by atoms with Crippen LogP contribution in [0, 0.1) is 11.8 Å². The number of nitrogens with zero attached hydrogens (tertiary/aromatic N) is 1. The van der Waals surface area contributed by atoms with Crippen molar-refractivity contribution >= 4 is 21.7 Å². The van der Waals surface area contributed by atoms with Gasteiger partial charge in [0.1, 0.15) is 0 Å². The molecule has 0 aromatic rings. The molecule has 7 heteroatoms. The van der Waals surface area contributed by atoms with Gasteiger partial charge in [-0.3, -0.25) is 9.59 Å². The van der Waals surface area contributed by atoms with Crippen molar-refractivity contribution in [1.29, 1.82) is 0 Å². The van der Waals surface area contributed by atoms with Crippen LogP contribution in [0.1, 0.15) is 25.7 Å². The number of likely N-dealkylation sites (tertiary alicyclic amines) is 1. The lowest BCUT2D eigenvalue weighted by Crippen LogP contribution is -2.42. The van der Waals surface area contributed by atoms with Gasteiger partial charge in [-0.1, -0.05) is 0 Å². The maximum absolute atomic E-state index is 12.1. The van der Waals surface area contributed by atoms with E-state index in [9.17, 15) is 18.0 Å². The van der Waals surface area contributed by atoms with Crippen LogP contribution in [0.25, 0.3) is 0 Å². The van der Waals surface area contributed by atoms with Crippen LogP contribution in [0.2, 0.25) is 0 Å². The van der Waals surface area contributed by atoms with Gasteiger partial charge < -0.3 is 10.0 Å². The van der Waals surface area contributed by atoms with Gasteiger partial charge in [-0.25, -0.2) is 8.42 Å². The first-order valence-corrected chi connectivity index (χ1v) is 8.40. The first kappa shape index (κ1) is 14.3.